The number of carbonyl (C=O) groups excluding carboxylic acids is 1. The van der Waals surface area contributed by atoms with Crippen LogP contribution in [0.25, 0.3) is 22.3 Å². The van der Waals surface area contributed by atoms with E-state index < -0.39 is 5.91 Å². The number of halogens is 1. The van der Waals surface area contributed by atoms with Gasteiger partial charge in [0.15, 0.2) is 5.43 Å². The summed E-state index contributed by atoms with van der Waals surface area (Å²) in [7, 11) is 0. The summed E-state index contributed by atoms with van der Waals surface area (Å²) in [6, 6.07) is 3.04. The molecule has 0 aliphatic carbocycles. The zero-order chi connectivity index (χ0) is 19.2. The Kier molecular flexibility index (Phi) is 5.37. The maximum absolute atomic E-state index is 12.6. The molecule has 3 aromatic rings. The molecule has 0 atom stereocenters. The molecular weight excluding hydrogens is 366 g/mol. The molecule has 3 N–H and O–H groups in total. The Morgan fingerprint density at radius 3 is 2.41 bits per heavy atom. The first kappa shape index (κ1) is 20.5. The number of amides is 1. The Balaban J connectivity index is 0.00000261. The maximum atomic E-state index is 12.6. The zero-order valence-corrected chi connectivity index (χ0v) is 16.7. The van der Waals surface area contributed by atoms with E-state index in [4.69, 9.17) is 10.7 Å². The molecule has 0 aliphatic rings. The molecule has 0 saturated heterocycles. The van der Waals surface area contributed by atoms with Gasteiger partial charge in [0.1, 0.15) is 11.4 Å². The minimum Gasteiger partial charge on any atom is -0.364 e. The molecule has 142 valence electrons. The number of pyridine rings is 2. The van der Waals surface area contributed by atoms with Crippen LogP contribution in [0.4, 0.5) is 0 Å². The third-order valence-corrected chi connectivity index (χ3v) is 4.19. The van der Waals surface area contributed by atoms with E-state index in [0.29, 0.717) is 16.9 Å². The lowest BCUT2D eigenvalue weighted by molar-refractivity contribution is 0.0997. The molecule has 1 amide bonds. The van der Waals surface area contributed by atoms with E-state index in [0.717, 1.165) is 17.1 Å². The zero-order valence-electron chi connectivity index (χ0n) is 15.9. The Labute approximate surface area is 162 Å². The molecule has 0 aromatic carbocycles. The van der Waals surface area contributed by atoms with Crippen LogP contribution in [0.15, 0.2) is 23.1 Å². The topological polar surface area (TPSA) is 115 Å². The Morgan fingerprint density at radius 1 is 1.15 bits per heavy atom. The van der Waals surface area contributed by atoms with Gasteiger partial charge in [-0.3, -0.25) is 19.6 Å². The predicted octanol–water partition coefficient (Wildman–Crippen LogP) is 2.82. The summed E-state index contributed by atoms with van der Waals surface area (Å²) in [5.74, 6) is -0.741. The average Bonchev–Trinajstić information content (AvgIpc) is 2.54. The summed E-state index contributed by atoms with van der Waals surface area (Å²) in [6.07, 6.45) is 1.44. The lowest BCUT2D eigenvalue weighted by atomic mass is 9.90. The Morgan fingerprint density at radius 2 is 1.81 bits per heavy atom. The van der Waals surface area contributed by atoms with E-state index in [1.165, 1.54) is 12.3 Å². The summed E-state index contributed by atoms with van der Waals surface area (Å²) in [4.78, 5) is 40.6. The van der Waals surface area contributed by atoms with E-state index in [1.54, 1.807) is 6.07 Å². The van der Waals surface area contributed by atoms with Crippen LogP contribution < -0.4 is 11.2 Å². The molecule has 3 heterocycles. The molecule has 0 spiro atoms. The van der Waals surface area contributed by atoms with Crippen molar-refractivity contribution < 1.29 is 4.79 Å². The van der Waals surface area contributed by atoms with Crippen LogP contribution in [0.3, 0.4) is 0 Å². The molecule has 0 unspecified atom stereocenters. The number of aromatic amines is 1. The summed E-state index contributed by atoms with van der Waals surface area (Å²) < 4.78 is 0. The van der Waals surface area contributed by atoms with Gasteiger partial charge >= 0.3 is 0 Å². The van der Waals surface area contributed by atoms with Gasteiger partial charge in [-0.05, 0) is 19.9 Å². The monoisotopic (exact) mass is 387 g/mol. The van der Waals surface area contributed by atoms with Crippen molar-refractivity contribution in [2.45, 2.75) is 40.0 Å². The number of H-pyrrole nitrogens is 1. The fourth-order valence-electron chi connectivity index (χ4n) is 3.08. The largest absolute Gasteiger partial charge is 0.364 e. The van der Waals surface area contributed by atoms with Crippen molar-refractivity contribution in [2.24, 2.45) is 5.73 Å². The molecule has 0 saturated carbocycles. The first-order valence-corrected chi connectivity index (χ1v) is 8.27. The van der Waals surface area contributed by atoms with E-state index in [2.05, 4.69) is 35.7 Å². The van der Waals surface area contributed by atoms with Crippen LogP contribution in [0.1, 0.15) is 48.3 Å². The van der Waals surface area contributed by atoms with E-state index in [-0.39, 0.29) is 34.3 Å². The van der Waals surface area contributed by atoms with Gasteiger partial charge in [-0.2, -0.15) is 0 Å². The van der Waals surface area contributed by atoms with Gasteiger partial charge in [0, 0.05) is 17.7 Å². The normalized spacial score (nSPS) is 11.3. The van der Waals surface area contributed by atoms with Crippen molar-refractivity contribution in [3.63, 3.8) is 0 Å². The second-order valence-corrected chi connectivity index (χ2v) is 7.34. The number of hydrogen-bond donors (Lipinski definition) is 2. The first-order chi connectivity index (χ1) is 12.1. The fourth-order valence-corrected chi connectivity index (χ4v) is 3.08. The van der Waals surface area contributed by atoms with E-state index in [1.807, 2.05) is 13.8 Å². The van der Waals surface area contributed by atoms with Gasteiger partial charge in [-0.15, -0.1) is 12.4 Å². The van der Waals surface area contributed by atoms with E-state index in [9.17, 15) is 9.59 Å². The summed E-state index contributed by atoms with van der Waals surface area (Å²) in [5, 5.41) is 0.178. The van der Waals surface area contributed by atoms with Crippen molar-refractivity contribution in [1.29, 1.82) is 0 Å². The molecule has 0 aliphatic heterocycles. The fraction of sp³-hybridized carbons (Fsp3) is 0.316. The third kappa shape index (κ3) is 3.68. The number of hydrogen-bond acceptors (Lipinski definition) is 5. The van der Waals surface area contributed by atoms with Gasteiger partial charge in [0.25, 0.3) is 5.91 Å². The highest BCUT2D eigenvalue weighted by Gasteiger charge is 2.22. The molecule has 7 nitrogen and oxygen atoms in total. The number of nitrogens with one attached hydrogen (secondary N) is 1. The highest BCUT2D eigenvalue weighted by molar-refractivity contribution is 6.03. The van der Waals surface area contributed by atoms with Crippen molar-refractivity contribution >= 4 is 29.2 Å². The summed E-state index contributed by atoms with van der Waals surface area (Å²) in [6.45, 7) is 10.0. The molecule has 27 heavy (non-hydrogen) atoms. The van der Waals surface area contributed by atoms with Crippen LogP contribution >= 0.6 is 12.4 Å². The van der Waals surface area contributed by atoms with Crippen molar-refractivity contribution in [1.82, 2.24) is 19.9 Å². The maximum Gasteiger partial charge on any atom is 0.268 e. The van der Waals surface area contributed by atoms with Gasteiger partial charge in [-0.25, -0.2) is 4.98 Å². The Bertz CT molecular complexity index is 1100. The van der Waals surface area contributed by atoms with Crippen molar-refractivity contribution in [3.05, 3.63) is 51.3 Å². The van der Waals surface area contributed by atoms with E-state index >= 15 is 0 Å². The quantitative estimate of drug-likeness (QED) is 0.701. The van der Waals surface area contributed by atoms with Crippen LogP contribution in [-0.4, -0.2) is 25.8 Å². The van der Waals surface area contributed by atoms with Crippen LogP contribution in [0.2, 0.25) is 0 Å². The number of aryl methyl sites for hydroxylation is 2. The molecule has 3 aromatic heterocycles. The van der Waals surface area contributed by atoms with Gasteiger partial charge < -0.3 is 10.7 Å². The van der Waals surface area contributed by atoms with Crippen LogP contribution in [-0.2, 0) is 5.41 Å². The smallest absolute Gasteiger partial charge is 0.268 e. The number of primary amides is 1. The molecule has 0 radical (unpaired) electrons. The standard InChI is InChI=1S/C19H21N5O2.ClH/c1-9-15(22-10(2)17(23-9)19(3,4)5)12-8-13(25)14-11(24-12)6-7-21-16(14)18(20)26;/h6-8H,1-5H3,(H2,20,26)(H,24,25);1H. The van der Waals surface area contributed by atoms with Gasteiger partial charge in [-0.1, -0.05) is 20.8 Å². The number of nitrogens with two attached hydrogens (primary N) is 1. The summed E-state index contributed by atoms with van der Waals surface area (Å²) >= 11 is 0. The lowest BCUT2D eigenvalue weighted by Crippen LogP contribution is -2.19. The number of aromatic nitrogens is 4. The lowest BCUT2D eigenvalue weighted by Gasteiger charge is -2.21. The molecular formula is C19H22ClN5O2. The SMILES string of the molecule is Cc1nc(C(C)(C)C)c(C)nc1-c1cc(=O)c2c(C(N)=O)nccc2[nH]1.Cl. The minimum atomic E-state index is -0.741. The van der Waals surface area contributed by atoms with Gasteiger partial charge in [0.2, 0.25) is 0 Å². The average molecular weight is 388 g/mol. The molecule has 0 bridgehead atoms. The third-order valence-electron chi connectivity index (χ3n) is 4.19. The van der Waals surface area contributed by atoms with Crippen molar-refractivity contribution in [3.8, 4) is 11.4 Å². The highest BCUT2D eigenvalue weighted by atomic mass is 35.5. The van der Waals surface area contributed by atoms with Crippen LogP contribution in [0.5, 0.6) is 0 Å². The van der Waals surface area contributed by atoms with Crippen molar-refractivity contribution in [2.75, 3.05) is 0 Å². The second-order valence-electron chi connectivity index (χ2n) is 7.34. The number of fused-ring (bicyclic) bond motifs is 1. The second kappa shape index (κ2) is 7.08. The predicted molar refractivity (Wildman–Crippen MR) is 107 cm³/mol. The first-order valence-electron chi connectivity index (χ1n) is 8.27. The highest BCUT2D eigenvalue weighted by Crippen LogP contribution is 2.27. The number of rotatable bonds is 2. The number of carbonyl (C=O) groups is 1. The van der Waals surface area contributed by atoms with Gasteiger partial charge in [0.05, 0.1) is 33.7 Å². The molecule has 3 rings (SSSR count). The molecule has 0 fully saturated rings. The minimum absolute atomic E-state index is 0. The summed E-state index contributed by atoms with van der Waals surface area (Å²) in [5.41, 5.74) is 8.89. The number of nitrogens with zero attached hydrogens (tertiary/aromatic N) is 3. The molecule has 8 heteroatoms. The Hall–Kier alpha value is -2.80. The van der Waals surface area contributed by atoms with Crippen LogP contribution in [0, 0.1) is 13.8 Å².